The molecule has 0 radical (unpaired) electrons. The van der Waals surface area contributed by atoms with Crippen molar-refractivity contribution in [3.8, 4) is 0 Å². The van der Waals surface area contributed by atoms with E-state index in [9.17, 15) is 9.59 Å². The van der Waals surface area contributed by atoms with E-state index in [1.165, 1.54) is 12.8 Å². The maximum atomic E-state index is 12.0. The average Bonchev–Trinajstić information content (AvgIpc) is 2.82. The van der Waals surface area contributed by atoms with Gasteiger partial charge in [-0.15, -0.1) is 0 Å². The second-order valence-electron chi connectivity index (χ2n) is 7.18. The highest BCUT2D eigenvalue weighted by molar-refractivity contribution is 5.79. The molecule has 3 atom stereocenters. The first kappa shape index (κ1) is 16.7. The molecule has 0 aromatic heterocycles. The van der Waals surface area contributed by atoms with Gasteiger partial charge in [0.1, 0.15) is 0 Å². The molecule has 130 valence electrons. The first-order valence-corrected chi connectivity index (χ1v) is 9.24. The van der Waals surface area contributed by atoms with E-state index in [0.717, 1.165) is 52.0 Å². The molecule has 1 saturated carbocycles. The van der Waals surface area contributed by atoms with Crippen LogP contribution in [0.25, 0.3) is 0 Å². The molecule has 3 aliphatic rings. The molecule has 0 aromatic rings. The van der Waals surface area contributed by atoms with Gasteiger partial charge in [0.05, 0.1) is 0 Å². The number of hydrazine groups is 1. The van der Waals surface area contributed by atoms with Crippen molar-refractivity contribution in [2.75, 3.05) is 32.7 Å². The average molecular weight is 322 g/mol. The van der Waals surface area contributed by atoms with Crippen LogP contribution in [0.1, 0.15) is 45.4 Å². The summed E-state index contributed by atoms with van der Waals surface area (Å²) in [7, 11) is 0. The van der Waals surface area contributed by atoms with E-state index in [1.54, 1.807) is 0 Å². The van der Waals surface area contributed by atoms with Crippen molar-refractivity contribution >= 4 is 11.8 Å². The summed E-state index contributed by atoms with van der Waals surface area (Å²) < 4.78 is 0. The Labute approximate surface area is 138 Å². The van der Waals surface area contributed by atoms with Crippen LogP contribution in [0.3, 0.4) is 0 Å². The lowest BCUT2D eigenvalue weighted by Gasteiger charge is -2.42. The molecule has 2 amide bonds. The van der Waals surface area contributed by atoms with Crippen molar-refractivity contribution in [1.29, 1.82) is 0 Å². The molecule has 6 heteroatoms. The van der Waals surface area contributed by atoms with E-state index < -0.39 is 0 Å². The van der Waals surface area contributed by atoms with E-state index in [-0.39, 0.29) is 17.7 Å². The zero-order valence-corrected chi connectivity index (χ0v) is 14.2. The van der Waals surface area contributed by atoms with Crippen LogP contribution >= 0.6 is 0 Å². The van der Waals surface area contributed by atoms with Crippen LogP contribution in [-0.4, -0.2) is 60.4 Å². The Morgan fingerprint density at radius 2 is 1.96 bits per heavy atom. The summed E-state index contributed by atoms with van der Waals surface area (Å²) in [5.41, 5.74) is 6.15. The third-order valence-electron chi connectivity index (χ3n) is 5.75. The van der Waals surface area contributed by atoms with Crippen molar-refractivity contribution in [2.45, 2.75) is 51.5 Å². The highest BCUT2D eigenvalue weighted by Crippen LogP contribution is 2.34. The van der Waals surface area contributed by atoms with E-state index >= 15 is 0 Å². The van der Waals surface area contributed by atoms with Crippen molar-refractivity contribution < 1.29 is 9.59 Å². The molecule has 3 fully saturated rings. The van der Waals surface area contributed by atoms with Gasteiger partial charge in [0.25, 0.3) is 0 Å². The van der Waals surface area contributed by atoms with Gasteiger partial charge in [-0.3, -0.25) is 19.9 Å². The Balaban J connectivity index is 1.56. The topological polar surface area (TPSA) is 64.7 Å². The maximum Gasteiger partial charge on any atom is 0.237 e. The Kier molecular flexibility index (Phi) is 5.54. The highest BCUT2D eigenvalue weighted by Gasteiger charge is 2.40. The molecule has 23 heavy (non-hydrogen) atoms. The molecule has 2 aliphatic heterocycles. The molecule has 2 heterocycles. The van der Waals surface area contributed by atoms with Gasteiger partial charge in [-0.05, 0) is 31.7 Å². The number of fused-ring (bicyclic) bond motifs is 1. The van der Waals surface area contributed by atoms with E-state index in [0.29, 0.717) is 18.4 Å². The zero-order valence-electron chi connectivity index (χ0n) is 14.2. The van der Waals surface area contributed by atoms with Crippen LogP contribution in [-0.2, 0) is 9.59 Å². The number of rotatable bonds is 3. The van der Waals surface area contributed by atoms with Crippen LogP contribution in [0.4, 0.5) is 0 Å². The molecular weight excluding hydrogens is 292 g/mol. The van der Waals surface area contributed by atoms with Gasteiger partial charge < -0.3 is 4.90 Å². The van der Waals surface area contributed by atoms with Crippen LogP contribution in [0, 0.1) is 11.8 Å². The minimum absolute atomic E-state index is 0.182. The molecule has 0 bridgehead atoms. The lowest BCUT2D eigenvalue weighted by molar-refractivity contribution is -0.134. The lowest BCUT2D eigenvalue weighted by atomic mass is 9.74. The second kappa shape index (κ2) is 7.62. The first-order chi connectivity index (χ1) is 11.2. The van der Waals surface area contributed by atoms with Crippen LogP contribution < -0.4 is 10.9 Å². The largest absolute Gasteiger partial charge is 0.341 e. The number of carbonyl (C=O) groups is 2. The third-order valence-corrected chi connectivity index (χ3v) is 5.75. The number of hydrogen-bond donors (Lipinski definition) is 2. The van der Waals surface area contributed by atoms with Crippen LogP contribution in [0.5, 0.6) is 0 Å². The van der Waals surface area contributed by atoms with Gasteiger partial charge in [0.2, 0.25) is 11.8 Å². The Morgan fingerprint density at radius 3 is 2.78 bits per heavy atom. The number of carbonyl (C=O) groups excluding carboxylic acids is 2. The minimum Gasteiger partial charge on any atom is -0.341 e. The minimum atomic E-state index is 0.182. The molecule has 2 saturated heterocycles. The van der Waals surface area contributed by atoms with Crippen LogP contribution in [0.2, 0.25) is 0 Å². The molecule has 1 aliphatic carbocycles. The van der Waals surface area contributed by atoms with Gasteiger partial charge >= 0.3 is 0 Å². The Bertz CT molecular complexity index is 442. The van der Waals surface area contributed by atoms with Crippen molar-refractivity contribution in [3.05, 3.63) is 0 Å². The van der Waals surface area contributed by atoms with E-state index in [1.807, 2.05) is 11.8 Å². The van der Waals surface area contributed by atoms with Gasteiger partial charge in [-0.2, -0.15) is 0 Å². The molecule has 2 N–H and O–H groups in total. The first-order valence-electron chi connectivity index (χ1n) is 9.24. The predicted octanol–water partition coefficient (Wildman–Crippen LogP) is 0.740. The Morgan fingerprint density at radius 1 is 1.13 bits per heavy atom. The standard InChI is InChI=1S/C17H30N4O2/c1-2-16(22)21-9-5-8-20(10-11-21)12-15-13-6-3-4-7-14(13)17(23)19-18-15/h13-15,18H,2-12H2,1H3,(H,19,23). The van der Waals surface area contributed by atoms with Crippen molar-refractivity contribution in [3.63, 3.8) is 0 Å². The normalized spacial score (nSPS) is 32.8. The molecule has 3 rings (SSSR count). The monoisotopic (exact) mass is 322 g/mol. The summed E-state index contributed by atoms with van der Waals surface area (Å²) in [5.74, 6) is 1.11. The Hall–Kier alpha value is -1.14. The molecule has 0 aromatic carbocycles. The lowest BCUT2D eigenvalue weighted by Crippen LogP contribution is -2.62. The smallest absolute Gasteiger partial charge is 0.237 e. The quantitative estimate of drug-likeness (QED) is 0.804. The summed E-state index contributed by atoms with van der Waals surface area (Å²) in [6.45, 7) is 6.59. The fourth-order valence-electron chi connectivity index (χ4n) is 4.42. The van der Waals surface area contributed by atoms with Crippen molar-refractivity contribution in [1.82, 2.24) is 20.7 Å². The van der Waals surface area contributed by atoms with Gasteiger partial charge in [0, 0.05) is 44.6 Å². The van der Waals surface area contributed by atoms with Crippen LogP contribution in [0.15, 0.2) is 0 Å². The second-order valence-corrected chi connectivity index (χ2v) is 7.18. The fraction of sp³-hybridized carbons (Fsp3) is 0.882. The number of nitrogens with one attached hydrogen (secondary N) is 2. The van der Waals surface area contributed by atoms with Crippen molar-refractivity contribution in [2.24, 2.45) is 11.8 Å². The van der Waals surface area contributed by atoms with E-state index in [2.05, 4.69) is 15.8 Å². The summed E-state index contributed by atoms with van der Waals surface area (Å²) in [4.78, 5) is 28.4. The van der Waals surface area contributed by atoms with Gasteiger partial charge in [0.15, 0.2) is 0 Å². The fourth-order valence-corrected chi connectivity index (χ4v) is 4.42. The van der Waals surface area contributed by atoms with E-state index in [4.69, 9.17) is 0 Å². The highest BCUT2D eigenvalue weighted by atomic mass is 16.2. The molecule has 6 nitrogen and oxygen atoms in total. The maximum absolute atomic E-state index is 12.0. The molecule has 3 unspecified atom stereocenters. The molecular formula is C17H30N4O2. The molecule has 0 spiro atoms. The third kappa shape index (κ3) is 3.86. The number of nitrogens with zero attached hydrogens (tertiary/aromatic N) is 2. The number of amides is 2. The summed E-state index contributed by atoms with van der Waals surface area (Å²) >= 11 is 0. The zero-order chi connectivity index (χ0) is 16.2. The summed E-state index contributed by atoms with van der Waals surface area (Å²) in [5, 5.41) is 0. The SMILES string of the molecule is CCC(=O)N1CCCN(CC2NNC(=O)C3CCCCC23)CC1. The summed E-state index contributed by atoms with van der Waals surface area (Å²) in [6.07, 6.45) is 6.25. The van der Waals surface area contributed by atoms with Gasteiger partial charge in [-0.1, -0.05) is 19.8 Å². The summed E-state index contributed by atoms with van der Waals surface area (Å²) in [6, 6.07) is 0.339. The number of hydrogen-bond acceptors (Lipinski definition) is 4. The predicted molar refractivity (Wildman–Crippen MR) is 88.4 cm³/mol. The van der Waals surface area contributed by atoms with Gasteiger partial charge in [-0.25, -0.2) is 5.43 Å².